The average molecular weight is 325 g/mol. The van der Waals surface area contributed by atoms with Gasteiger partial charge in [-0.3, -0.25) is 0 Å². The molecule has 0 spiro atoms. The summed E-state index contributed by atoms with van der Waals surface area (Å²) >= 11 is -2.11. The van der Waals surface area contributed by atoms with Gasteiger partial charge in [0.25, 0.3) is 0 Å². The maximum atomic E-state index is 5.88. The minimum Gasteiger partial charge on any atom is -0.450 e. The quantitative estimate of drug-likeness (QED) is 0.739. The van der Waals surface area contributed by atoms with E-state index in [1.54, 1.807) is 0 Å². The van der Waals surface area contributed by atoms with Crippen LogP contribution < -0.4 is 0 Å². The van der Waals surface area contributed by atoms with Gasteiger partial charge in [-0.2, -0.15) is 0 Å². The summed E-state index contributed by atoms with van der Waals surface area (Å²) in [5.74, 6) is 0. The van der Waals surface area contributed by atoms with Crippen LogP contribution in [0, 0.1) is 0 Å². The maximum Gasteiger partial charge on any atom is 0.906 e. The summed E-state index contributed by atoms with van der Waals surface area (Å²) in [7, 11) is 0. The Morgan fingerprint density at radius 1 is 0.636 bits per heavy atom. The first-order valence-corrected chi connectivity index (χ1v) is 9.31. The van der Waals surface area contributed by atoms with E-state index >= 15 is 0 Å². The number of rotatable bonds is 3. The molecule has 0 aromatic carbocycles. The molecule has 0 aromatic heterocycles. The van der Waals surface area contributed by atoms with Gasteiger partial charge in [-0.1, -0.05) is 0 Å². The van der Waals surface area contributed by atoms with Crippen LogP contribution in [0.2, 0.25) is 0 Å². The fourth-order valence-corrected chi connectivity index (χ4v) is 3.32. The number of hydrogen-bond donors (Lipinski definition) is 0. The Hall–Kier alpha value is 0.970. The third-order valence-electron chi connectivity index (χ3n) is 2.18. The van der Waals surface area contributed by atoms with Crippen LogP contribution in [-0.4, -0.2) is 64.0 Å². The standard InChI is InChI=1S/C4H8O.3C4H9O.Al.Li/c1-2-4-5-3-1;3*1-4(2,3)5;;/h1-4H2;3*1-3H3;;/q;3*-1;+3;. The average Bonchev–Trinajstić information content (AvgIpc) is 2.64. The van der Waals surface area contributed by atoms with Crippen molar-refractivity contribution >= 4 is 34.0 Å². The van der Waals surface area contributed by atoms with E-state index in [1.807, 2.05) is 62.3 Å². The Morgan fingerprint density at radius 3 is 1.05 bits per heavy atom. The molecule has 1 aliphatic rings. The summed E-state index contributed by atoms with van der Waals surface area (Å²) in [5, 5.41) is 0. The van der Waals surface area contributed by atoms with E-state index in [-0.39, 0.29) is 35.7 Å². The topological polar surface area (TPSA) is 36.9 Å². The second-order valence-electron chi connectivity index (χ2n) is 8.30. The molecule has 0 unspecified atom stereocenters. The Labute approximate surface area is 155 Å². The molecule has 1 aliphatic heterocycles. The molecule has 22 heavy (non-hydrogen) atoms. The van der Waals surface area contributed by atoms with Crippen molar-refractivity contribution in [3.63, 3.8) is 0 Å². The van der Waals surface area contributed by atoms with Crippen molar-refractivity contribution in [2.24, 2.45) is 0 Å². The molecule has 1 radical (unpaired) electrons. The molecule has 4 nitrogen and oxygen atoms in total. The summed E-state index contributed by atoms with van der Waals surface area (Å²) in [6.45, 7) is 20.2. The van der Waals surface area contributed by atoms with Gasteiger partial charge in [0, 0.05) is 48.9 Å². The zero-order valence-corrected chi connectivity index (χ0v) is 17.7. The van der Waals surface area contributed by atoms with E-state index in [4.69, 9.17) is 16.1 Å². The van der Waals surface area contributed by atoms with Crippen molar-refractivity contribution in [1.29, 1.82) is 0 Å². The molecule has 1 saturated heterocycles. The normalized spacial score (nSPS) is 15.7. The number of hydrogen-bond acceptors (Lipinski definition) is 4. The Balaban J connectivity index is 0. The van der Waals surface area contributed by atoms with Gasteiger partial charge in [0.05, 0.1) is 0 Å². The molecule has 1 heterocycles. The molecule has 6 heteroatoms. The van der Waals surface area contributed by atoms with Crippen LogP contribution in [0.5, 0.6) is 0 Å². The molecule has 0 N–H and O–H groups in total. The van der Waals surface area contributed by atoms with Crippen LogP contribution in [0.15, 0.2) is 0 Å². The van der Waals surface area contributed by atoms with Crippen molar-refractivity contribution in [2.75, 3.05) is 13.2 Å². The molecule has 0 saturated carbocycles. The summed E-state index contributed by atoms with van der Waals surface area (Å²) in [4.78, 5) is 0. The first-order valence-electron chi connectivity index (χ1n) is 7.90. The van der Waals surface area contributed by atoms with Crippen LogP contribution >= 0.6 is 0 Å². The van der Waals surface area contributed by atoms with E-state index < -0.39 is 15.1 Å². The van der Waals surface area contributed by atoms with Crippen molar-refractivity contribution in [3.05, 3.63) is 0 Å². The maximum absolute atomic E-state index is 5.88. The Bertz CT molecular complexity index is 230. The fourth-order valence-electron chi connectivity index (χ4n) is 1.45. The summed E-state index contributed by atoms with van der Waals surface area (Å²) in [6.07, 6.45) is 2.56. The molecule has 1 rings (SSSR count). The third kappa shape index (κ3) is 19.0. The van der Waals surface area contributed by atoms with E-state index in [1.165, 1.54) is 12.8 Å². The Kier molecular flexibility index (Phi) is 12.3. The first-order chi connectivity index (χ1) is 9.29. The van der Waals surface area contributed by atoms with Crippen LogP contribution in [0.4, 0.5) is 0 Å². The van der Waals surface area contributed by atoms with Gasteiger partial charge in [-0.15, -0.1) is 0 Å². The second kappa shape index (κ2) is 10.8. The van der Waals surface area contributed by atoms with Gasteiger partial charge < -0.3 is 16.1 Å². The fraction of sp³-hybridized carbons (Fsp3) is 1.00. The predicted octanol–water partition coefficient (Wildman–Crippen LogP) is 3.83. The van der Waals surface area contributed by atoms with E-state index in [2.05, 4.69) is 0 Å². The zero-order chi connectivity index (χ0) is 16.7. The molecule has 1 fully saturated rings. The van der Waals surface area contributed by atoms with Crippen molar-refractivity contribution in [1.82, 2.24) is 0 Å². The van der Waals surface area contributed by atoms with E-state index in [0.717, 1.165) is 13.2 Å². The van der Waals surface area contributed by atoms with Gasteiger partial charge in [0.1, 0.15) is 0 Å². The molecule has 0 atom stereocenters. The summed E-state index contributed by atoms with van der Waals surface area (Å²) in [5.41, 5.74) is -0.686. The van der Waals surface area contributed by atoms with Crippen LogP contribution in [-0.2, 0) is 16.1 Å². The third-order valence-corrected chi connectivity index (χ3v) is 4.88. The molecule has 0 bridgehead atoms. The van der Waals surface area contributed by atoms with Gasteiger partial charge in [0.2, 0.25) is 0 Å². The number of ether oxygens (including phenoxy) is 1. The van der Waals surface area contributed by atoms with Gasteiger partial charge in [-0.05, 0) is 75.2 Å². The first kappa shape index (κ1) is 25.2. The molecule has 0 amide bonds. The SMILES string of the molecule is C1CCOC1.CC(C)(C)[O][Al]([O]C(C)(C)C)[O]C(C)(C)C.[Li]. The van der Waals surface area contributed by atoms with Crippen LogP contribution in [0.3, 0.4) is 0 Å². The van der Waals surface area contributed by atoms with Crippen molar-refractivity contribution < 1.29 is 16.1 Å². The smallest absolute Gasteiger partial charge is 0.450 e. The molecule has 0 aliphatic carbocycles. The van der Waals surface area contributed by atoms with Crippen LogP contribution in [0.25, 0.3) is 0 Å². The Morgan fingerprint density at radius 2 is 0.909 bits per heavy atom. The largest absolute Gasteiger partial charge is 0.906 e. The molecular formula is C16H35AlLiO4. The van der Waals surface area contributed by atoms with Crippen molar-refractivity contribution in [3.8, 4) is 0 Å². The van der Waals surface area contributed by atoms with Gasteiger partial charge in [0.15, 0.2) is 0 Å². The zero-order valence-electron chi connectivity index (χ0n) is 16.5. The molecule has 127 valence electrons. The minimum absolute atomic E-state index is 0. The van der Waals surface area contributed by atoms with E-state index in [0.29, 0.717) is 0 Å². The minimum atomic E-state index is -2.11. The van der Waals surface area contributed by atoms with Gasteiger partial charge >= 0.3 is 15.1 Å². The van der Waals surface area contributed by atoms with Crippen molar-refractivity contribution in [2.45, 2.75) is 92.0 Å². The summed E-state index contributed by atoms with van der Waals surface area (Å²) < 4.78 is 22.6. The van der Waals surface area contributed by atoms with Crippen LogP contribution in [0.1, 0.15) is 75.2 Å². The predicted molar refractivity (Wildman–Crippen MR) is 94.1 cm³/mol. The molecular weight excluding hydrogens is 290 g/mol. The van der Waals surface area contributed by atoms with Gasteiger partial charge in [-0.25, -0.2) is 0 Å². The second-order valence-corrected chi connectivity index (χ2v) is 9.58. The monoisotopic (exact) mass is 325 g/mol. The van der Waals surface area contributed by atoms with E-state index in [9.17, 15) is 0 Å². The molecule has 0 aromatic rings. The summed E-state index contributed by atoms with van der Waals surface area (Å²) in [6, 6.07) is 0.